The maximum Gasteiger partial charge on any atom is 0.257 e. The summed E-state index contributed by atoms with van der Waals surface area (Å²) in [7, 11) is 0.534. The number of hydrogen-bond donors (Lipinski definition) is 2. The fourth-order valence-electron chi connectivity index (χ4n) is 4.11. The number of aliphatic imine (C=N–C) groups is 1. The molecule has 3 unspecified atom stereocenters. The highest BCUT2D eigenvalue weighted by atomic mass is 31.1. The van der Waals surface area contributed by atoms with Crippen molar-refractivity contribution in [2.75, 3.05) is 18.5 Å². The average Bonchev–Trinajstić information content (AvgIpc) is 3.66. The third-order valence-corrected chi connectivity index (χ3v) is 7.84. The van der Waals surface area contributed by atoms with E-state index in [-0.39, 0.29) is 23.5 Å². The van der Waals surface area contributed by atoms with Gasteiger partial charge in [0.15, 0.2) is 5.70 Å². The van der Waals surface area contributed by atoms with Gasteiger partial charge in [0.2, 0.25) is 17.5 Å². The summed E-state index contributed by atoms with van der Waals surface area (Å²) in [6.07, 6.45) is 7.88. The van der Waals surface area contributed by atoms with Crippen LogP contribution in [0.1, 0.15) is 54.2 Å². The number of ether oxygens (including phenoxy) is 1. The lowest BCUT2D eigenvalue weighted by Crippen LogP contribution is -2.35. The molecule has 9 heteroatoms. The molecule has 182 valence electrons. The van der Waals surface area contributed by atoms with Gasteiger partial charge in [0.1, 0.15) is 12.4 Å². The van der Waals surface area contributed by atoms with E-state index in [1.807, 2.05) is 20.1 Å². The molecule has 1 amide bonds. The molecule has 0 bridgehead atoms. The van der Waals surface area contributed by atoms with E-state index in [1.165, 1.54) is 30.5 Å². The molecule has 1 fully saturated rings. The van der Waals surface area contributed by atoms with Crippen LogP contribution < -0.4 is 15.4 Å². The predicted octanol–water partition coefficient (Wildman–Crippen LogP) is 4.60. The number of halogens is 1. The monoisotopic (exact) mass is 494 g/mol. The van der Waals surface area contributed by atoms with E-state index in [0.29, 0.717) is 43.8 Å². The van der Waals surface area contributed by atoms with Crippen molar-refractivity contribution in [3.05, 3.63) is 64.1 Å². The zero-order valence-electron chi connectivity index (χ0n) is 20.1. The first kappa shape index (κ1) is 23.8. The van der Waals surface area contributed by atoms with Crippen LogP contribution in [-0.4, -0.2) is 46.8 Å². The second kappa shape index (κ2) is 9.96. The number of pyridine rings is 1. The molecule has 5 rings (SSSR count). The van der Waals surface area contributed by atoms with Gasteiger partial charge in [0.05, 0.1) is 18.0 Å². The van der Waals surface area contributed by atoms with Gasteiger partial charge in [-0.3, -0.25) is 10.1 Å². The van der Waals surface area contributed by atoms with Crippen molar-refractivity contribution in [1.82, 2.24) is 10.3 Å². The Labute approximate surface area is 206 Å². The summed E-state index contributed by atoms with van der Waals surface area (Å²) in [6, 6.07) is 6.15. The number of nitrogens with one attached hydrogen (secondary N) is 2. The van der Waals surface area contributed by atoms with Crippen molar-refractivity contribution in [3.63, 3.8) is 0 Å². The van der Waals surface area contributed by atoms with E-state index in [1.54, 1.807) is 18.2 Å². The lowest BCUT2D eigenvalue weighted by atomic mass is 10.1. The van der Waals surface area contributed by atoms with Gasteiger partial charge in [-0.1, -0.05) is 0 Å². The van der Waals surface area contributed by atoms with Crippen LogP contribution in [-0.2, 0) is 0 Å². The van der Waals surface area contributed by atoms with Crippen LogP contribution in [0.2, 0.25) is 0 Å². The second-order valence-electron chi connectivity index (χ2n) is 9.23. The molecule has 3 aliphatic rings. The molecule has 0 spiro atoms. The molecule has 1 aromatic carbocycles. The summed E-state index contributed by atoms with van der Waals surface area (Å²) < 4.78 is 22.7. The third kappa shape index (κ3) is 5.34. The molecule has 0 saturated heterocycles. The topological polar surface area (TPSA) is 78.6 Å². The van der Waals surface area contributed by atoms with Crippen molar-refractivity contribution >= 4 is 32.6 Å². The van der Waals surface area contributed by atoms with Crippen molar-refractivity contribution in [2.45, 2.75) is 45.4 Å². The first-order chi connectivity index (χ1) is 16.9. The number of aromatic nitrogens is 1. The number of benzene rings is 1. The fourth-order valence-corrected chi connectivity index (χ4v) is 5.56. The largest absolute Gasteiger partial charge is 0.477 e. The zero-order valence-corrected chi connectivity index (χ0v) is 21.1. The summed E-state index contributed by atoms with van der Waals surface area (Å²) in [5.41, 5.74) is 4.55. The first-order valence-corrected chi connectivity index (χ1v) is 13.1. The lowest BCUT2D eigenvalue weighted by Gasteiger charge is -2.26. The molecule has 3 atom stereocenters. The summed E-state index contributed by atoms with van der Waals surface area (Å²) >= 11 is 0. The number of carbonyl (C=O) groups is 1. The van der Waals surface area contributed by atoms with Crippen LogP contribution in [0.5, 0.6) is 5.88 Å². The molecule has 1 aromatic heterocycles. The minimum absolute atomic E-state index is 0.0406. The lowest BCUT2D eigenvalue weighted by molar-refractivity contribution is -0.467. The van der Waals surface area contributed by atoms with Crippen LogP contribution in [0, 0.1) is 18.7 Å². The number of anilines is 1. The predicted molar refractivity (Wildman–Crippen MR) is 138 cm³/mol. The van der Waals surface area contributed by atoms with E-state index in [0.717, 1.165) is 17.8 Å². The standard InChI is InChI=1S/C26H29FN5O2P/c1-4-32-13-22-26(32)35-23(12-28-22)30-16(3)20-10-19(7-8-21(20)27)31-24(33)18-9-15(2)25(29-11-18)34-14-17-5-6-17/h7-13,16-17,23,30,35H,4-6,14H2,1-3H3/p+1. The third-order valence-electron chi connectivity index (χ3n) is 6.40. The molecule has 2 aliphatic heterocycles. The highest BCUT2D eigenvalue weighted by molar-refractivity contribution is 7.44. The van der Waals surface area contributed by atoms with Crippen molar-refractivity contribution in [1.29, 1.82) is 0 Å². The first-order valence-electron chi connectivity index (χ1n) is 12.0. The number of hydrogen-bond acceptors (Lipinski definition) is 5. The summed E-state index contributed by atoms with van der Waals surface area (Å²) in [5, 5.41) is 6.34. The quantitative estimate of drug-likeness (QED) is 0.395. The second-order valence-corrected chi connectivity index (χ2v) is 10.6. The Morgan fingerprint density at radius 3 is 2.91 bits per heavy atom. The van der Waals surface area contributed by atoms with E-state index in [9.17, 15) is 9.18 Å². The number of carbonyl (C=O) groups excluding carboxylic acids is 1. The molecule has 1 saturated carbocycles. The van der Waals surface area contributed by atoms with Crippen LogP contribution in [0.4, 0.5) is 10.1 Å². The van der Waals surface area contributed by atoms with Gasteiger partial charge >= 0.3 is 0 Å². The molecule has 1 aliphatic carbocycles. The summed E-state index contributed by atoms with van der Waals surface area (Å²) in [6.45, 7) is 7.50. The number of allylic oxidation sites excluding steroid dienone is 1. The molecule has 7 nitrogen and oxygen atoms in total. The Hall–Kier alpha value is -2.96. The van der Waals surface area contributed by atoms with E-state index in [4.69, 9.17) is 4.74 Å². The van der Waals surface area contributed by atoms with Crippen molar-refractivity contribution < 1.29 is 18.5 Å². The van der Waals surface area contributed by atoms with Gasteiger partial charge in [-0.15, -0.1) is 0 Å². The Bertz CT molecular complexity index is 1250. The van der Waals surface area contributed by atoms with Gasteiger partial charge in [-0.05, 0) is 63.8 Å². The molecule has 3 heterocycles. The van der Waals surface area contributed by atoms with Crippen molar-refractivity contribution in [3.8, 4) is 5.88 Å². The minimum atomic E-state index is -0.319. The summed E-state index contributed by atoms with van der Waals surface area (Å²) in [5.74, 6) is 0.620. The van der Waals surface area contributed by atoms with Gasteiger partial charge in [-0.2, -0.15) is 4.58 Å². The Morgan fingerprint density at radius 1 is 1.34 bits per heavy atom. The molecule has 0 radical (unpaired) electrons. The van der Waals surface area contributed by atoms with Crippen LogP contribution in [0.3, 0.4) is 0 Å². The SMILES string of the molecule is CC[N+]1=CC2=C1PC(NC(C)c1cc(NC(=O)c3cnc(OCC4CC4)c(C)c3)ccc1F)C=N2. The Balaban J connectivity index is 1.22. The molecule has 2 N–H and O–H groups in total. The van der Waals surface area contributed by atoms with Gasteiger partial charge < -0.3 is 10.1 Å². The van der Waals surface area contributed by atoms with E-state index in [2.05, 4.69) is 38.3 Å². The van der Waals surface area contributed by atoms with Gasteiger partial charge in [0, 0.05) is 43.8 Å². The minimum Gasteiger partial charge on any atom is -0.477 e. The molecule has 35 heavy (non-hydrogen) atoms. The highest BCUT2D eigenvalue weighted by Crippen LogP contribution is 2.39. The maximum atomic E-state index is 14.7. The van der Waals surface area contributed by atoms with Gasteiger partial charge in [-0.25, -0.2) is 14.4 Å². The van der Waals surface area contributed by atoms with E-state index >= 15 is 0 Å². The number of nitrogens with zero attached hydrogens (tertiary/aromatic N) is 3. The number of amides is 1. The normalized spacial score (nSPS) is 20.2. The number of rotatable bonds is 9. The molecule has 2 aromatic rings. The average molecular weight is 495 g/mol. The van der Waals surface area contributed by atoms with Crippen molar-refractivity contribution in [2.24, 2.45) is 10.9 Å². The smallest absolute Gasteiger partial charge is 0.257 e. The fraction of sp³-hybridized carbons (Fsp3) is 0.385. The number of aryl methyl sites for hydroxylation is 1. The Kier molecular flexibility index (Phi) is 6.76. The molecular formula is C26H30FN5O2P+. The van der Waals surface area contributed by atoms with Crippen LogP contribution in [0.25, 0.3) is 0 Å². The zero-order chi connectivity index (χ0) is 24.5. The summed E-state index contributed by atoms with van der Waals surface area (Å²) in [4.78, 5) is 21.7. The Morgan fingerprint density at radius 2 is 2.17 bits per heavy atom. The highest BCUT2D eigenvalue weighted by Gasteiger charge is 2.33. The van der Waals surface area contributed by atoms with Crippen LogP contribution in [0.15, 0.2) is 46.6 Å². The van der Waals surface area contributed by atoms with E-state index < -0.39 is 0 Å². The maximum absolute atomic E-state index is 14.7. The molecular weight excluding hydrogens is 464 g/mol. The van der Waals surface area contributed by atoms with Crippen LogP contribution >= 0.6 is 8.58 Å². The van der Waals surface area contributed by atoms with Gasteiger partial charge in [0.25, 0.3) is 5.91 Å².